The zero-order valence-electron chi connectivity index (χ0n) is 35.0. The molecule has 1 atom stereocenters. The van der Waals surface area contributed by atoms with Gasteiger partial charge in [-0.2, -0.15) is 0 Å². The van der Waals surface area contributed by atoms with Crippen LogP contribution < -0.4 is 9.47 Å². The van der Waals surface area contributed by atoms with Gasteiger partial charge in [-0.15, -0.1) is 0 Å². The van der Waals surface area contributed by atoms with Gasteiger partial charge in [0.1, 0.15) is 11.5 Å². The van der Waals surface area contributed by atoms with Crippen LogP contribution >= 0.6 is 0 Å². The van der Waals surface area contributed by atoms with Gasteiger partial charge in [-0.1, -0.05) is 77.9 Å². The van der Waals surface area contributed by atoms with Crippen molar-refractivity contribution in [2.45, 2.75) is 125 Å². The van der Waals surface area contributed by atoms with Crippen LogP contribution in [0.15, 0.2) is 72.8 Å². The second-order valence-corrected chi connectivity index (χ2v) is 18.8. The lowest BCUT2D eigenvalue weighted by Gasteiger charge is -2.41. The van der Waals surface area contributed by atoms with E-state index in [1.54, 1.807) is 6.92 Å². The molecule has 55 heavy (non-hydrogen) atoms. The molecule has 3 fully saturated rings. The molecule has 0 spiro atoms. The maximum atomic E-state index is 11.6. The van der Waals surface area contributed by atoms with Crippen molar-refractivity contribution in [3.63, 3.8) is 0 Å². The van der Waals surface area contributed by atoms with Crippen molar-refractivity contribution < 1.29 is 23.8 Å². The van der Waals surface area contributed by atoms with Crippen LogP contribution in [0.2, 0.25) is 0 Å². The topological polar surface area (TPSA) is 65.1 Å². The second-order valence-electron chi connectivity index (χ2n) is 18.8. The second kappa shape index (κ2) is 17.1. The Bertz CT molecular complexity index is 1930. The number of nitrogens with zero attached hydrogens (tertiary/aromatic N) is 1. The Morgan fingerprint density at radius 3 is 1.51 bits per heavy atom. The van der Waals surface area contributed by atoms with E-state index in [0.29, 0.717) is 29.1 Å². The third-order valence-corrected chi connectivity index (χ3v) is 12.9. The zero-order chi connectivity index (χ0) is 39.5. The highest BCUT2D eigenvalue weighted by Crippen LogP contribution is 2.40. The average Bonchev–Trinajstić information content (AvgIpc) is 3.13. The maximum Gasteiger partial charge on any atom is 0.311 e. The van der Waals surface area contributed by atoms with E-state index in [1.165, 1.54) is 49.1 Å². The van der Waals surface area contributed by atoms with Gasteiger partial charge in [0.15, 0.2) is 5.78 Å². The molecule has 1 saturated heterocycles. The van der Waals surface area contributed by atoms with Crippen molar-refractivity contribution in [2.75, 3.05) is 20.2 Å². The summed E-state index contributed by atoms with van der Waals surface area (Å²) in [4.78, 5) is 25.5. The minimum absolute atomic E-state index is 0.0195. The highest BCUT2D eigenvalue weighted by Gasteiger charge is 2.36. The summed E-state index contributed by atoms with van der Waals surface area (Å²) in [7, 11) is 1.46. The van der Waals surface area contributed by atoms with E-state index in [4.69, 9.17) is 14.2 Å². The van der Waals surface area contributed by atoms with Crippen molar-refractivity contribution in [1.82, 2.24) is 4.90 Å². The molecule has 0 N–H and O–H groups in total. The van der Waals surface area contributed by atoms with Gasteiger partial charge in [0, 0.05) is 24.7 Å². The SMILES string of the molecule is CC(=O)c1ccc2cc(OC3CCC(C(C)(C)C)CC3)ccc2c1.COC(=O)C1CN(C(C)c2ccc3cc(OC4CCC(C(C)(C)C)CC4)ccc3c2)C1. The fourth-order valence-electron chi connectivity index (χ4n) is 8.93. The van der Waals surface area contributed by atoms with E-state index >= 15 is 0 Å². The Morgan fingerprint density at radius 1 is 0.618 bits per heavy atom. The molecule has 4 aromatic carbocycles. The molecular weight excluding hydrogens is 683 g/mol. The number of hydrogen-bond donors (Lipinski definition) is 0. The number of ketones is 1. The van der Waals surface area contributed by atoms with Gasteiger partial charge in [0.25, 0.3) is 0 Å². The lowest BCUT2D eigenvalue weighted by molar-refractivity contribution is -0.152. The van der Waals surface area contributed by atoms with Crippen molar-refractivity contribution in [1.29, 1.82) is 0 Å². The molecule has 0 amide bonds. The van der Waals surface area contributed by atoms with Gasteiger partial charge in [-0.3, -0.25) is 14.5 Å². The number of methoxy groups -OCH3 is 1. The number of fused-ring (bicyclic) bond motifs is 2. The third kappa shape index (κ3) is 10.3. The summed E-state index contributed by atoms with van der Waals surface area (Å²) in [6.45, 7) is 19.5. The first-order valence-electron chi connectivity index (χ1n) is 20.8. The van der Waals surface area contributed by atoms with Crippen LogP contribution in [0, 0.1) is 28.6 Å². The molecule has 0 aromatic heterocycles. The Balaban J connectivity index is 0.000000193. The van der Waals surface area contributed by atoms with E-state index in [2.05, 4.69) is 102 Å². The average molecular weight is 748 g/mol. The van der Waals surface area contributed by atoms with Gasteiger partial charge in [0.05, 0.1) is 25.2 Å². The number of esters is 1. The van der Waals surface area contributed by atoms with Gasteiger partial charge in [0.2, 0.25) is 0 Å². The molecule has 296 valence electrons. The molecule has 1 unspecified atom stereocenters. The molecule has 6 heteroatoms. The Labute approximate surface area is 330 Å². The van der Waals surface area contributed by atoms with E-state index in [1.807, 2.05) is 24.3 Å². The van der Waals surface area contributed by atoms with E-state index in [-0.39, 0.29) is 17.7 Å². The van der Waals surface area contributed by atoms with Crippen LogP contribution in [0.1, 0.15) is 129 Å². The third-order valence-electron chi connectivity index (χ3n) is 12.9. The Kier molecular flexibility index (Phi) is 12.7. The van der Waals surface area contributed by atoms with E-state index in [9.17, 15) is 9.59 Å². The first-order chi connectivity index (χ1) is 26.1. The molecule has 0 radical (unpaired) electrons. The van der Waals surface area contributed by atoms with Gasteiger partial charge >= 0.3 is 5.97 Å². The molecule has 2 saturated carbocycles. The molecule has 3 aliphatic rings. The molecule has 7 rings (SSSR count). The fourth-order valence-corrected chi connectivity index (χ4v) is 8.93. The molecule has 1 heterocycles. The van der Waals surface area contributed by atoms with Crippen LogP contribution in [0.25, 0.3) is 21.5 Å². The maximum absolute atomic E-state index is 11.6. The monoisotopic (exact) mass is 747 g/mol. The minimum atomic E-state index is -0.0959. The van der Waals surface area contributed by atoms with E-state index < -0.39 is 0 Å². The van der Waals surface area contributed by atoms with Crippen LogP contribution in [-0.4, -0.2) is 49.1 Å². The first kappa shape index (κ1) is 40.8. The Hall–Kier alpha value is -3.90. The first-order valence-corrected chi connectivity index (χ1v) is 20.8. The van der Waals surface area contributed by atoms with Gasteiger partial charge in [-0.25, -0.2) is 0 Å². The number of likely N-dealkylation sites (tertiary alicyclic amines) is 1. The molecule has 2 aliphatic carbocycles. The van der Waals surface area contributed by atoms with Gasteiger partial charge < -0.3 is 14.2 Å². The largest absolute Gasteiger partial charge is 0.490 e. The molecule has 4 aromatic rings. The zero-order valence-corrected chi connectivity index (χ0v) is 35.0. The standard InChI is InChI=1S/C27H37NO3.C22H28O2/c1-18(28-16-22(17-28)26(29)30-5)19-6-7-21-15-25(11-8-20(21)14-19)31-24-12-9-23(10-13-24)27(2,3)4;1-15(23)16-5-6-18-14-21(10-7-17(18)13-16)24-20-11-8-19(9-12-20)22(2,3)4/h6-8,11,14-15,18,22-24H,9-10,12-13,16-17H2,1-5H3;5-7,10,13-14,19-20H,8-9,11-12H2,1-4H3. The van der Waals surface area contributed by atoms with Crippen LogP contribution in [-0.2, 0) is 9.53 Å². The van der Waals surface area contributed by atoms with E-state index in [0.717, 1.165) is 78.4 Å². The summed E-state index contributed by atoms with van der Waals surface area (Å²) < 4.78 is 17.4. The van der Waals surface area contributed by atoms with Crippen molar-refractivity contribution in [3.8, 4) is 11.5 Å². The summed E-state index contributed by atoms with van der Waals surface area (Å²) in [6, 6.07) is 25.5. The molecule has 6 nitrogen and oxygen atoms in total. The quantitative estimate of drug-likeness (QED) is 0.132. The summed E-state index contributed by atoms with van der Waals surface area (Å²) in [5, 5.41) is 4.67. The number of benzene rings is 4. The summed E-state index contributed by atoms with van der Waals surface area (Å²) in [6.07, 6.45) is 10.3. The molecular formula is C49H65NO5. The van der Waals surface area contributed by atoms with Crippen LogP contribution in [0.4, 0.5) is 0 Å². The smallest absolute Gasteiger partial charge is 0.311 e. The number of Topliss-reactive ketones (excluding diaryl/α,β-unsaturated/α-hetero) is 1. The number of rotatable bonds is 8. The molecule has 1 aliphatic heterocycles. The highest BCUT2D eigenvalue weighted by atomic mass is 16.5. The summed E-state index contributed by atoms with van der Waals surface area (Å²) >= 11 is 0. The van der Waals surface area contributed by atoms with Crippen molar-refractivity contribution >= 4 is 33.3 Å². The fraction of sp³-hybridized carbons (Fsp3) is 0.551. The van der Waals surface area contributed by atoms with Crippen LogP contribution in [0.3, 0.4) is 0 Å². The normalized spacial score (nSPS) is 22.9. The minimum Gasteiger partial charge on any atom is -0.490 e. The van der Waals surface area contributed by atoms with Gasteiger partial charge in [-0.05, 0) is 151 Å². The number of carbonyl (C=O) groups excluding carboxylic acids is 2. The van der Waals surface area contributed by atoms with Crippen molar-refractivity contribution in [2.24, 2.45) is 28.6 Å². The predicted octanol–water partition coefficient (Wildman–Crippen LogP) is 12.0. The predicted molar refractivity (Wildman–Crippen MR) is 225 cm³/mol. The number of ether oxygens (including phenoxy) is 3. The number of carbonyl (C=O) groups is 2. The number of hydrogen-bond acceptors (Lipinski definition) is 6. The Morgan fingerprint density at radius 2 is 1.05 bits per heavy atom. The summed E-state index contributed by atoms with van der Waals surface area (Å²) in [5.41, 5.74) is 2.85. The summed E-state index contributed by atoms with van der Waals surface area (Å²) in [5.74, 6) is 3.56. The lowest BCUT2D eigenvalue weighted by Crippen LogP contribution is -2.51. The highest BCUT2D eigenvalue weighted by molar-refractivity contribution is 5.98. The molecule has 0 bridgehead atoms. The lowest BCUT2D eigenvalue weighted by atomic mass is 9.72. The van der Waals surface area contributed by atoms with Crippen LogP contribution in [0.5, 0.6) is 11.5 Å². The van der Waals surface area contributed by atoms with Crippen molar-refractivity contribution in [3.05, 3.63) is 83.9 Å².